The van der Waals surface area contributed by atoms with Crippen molar-refractivity contribution in [2.24, 2.45) is 12.8 Å². The van der Waals surface area contributed by atoms with Crippen LogP contribution in [-0.2, 0) is 19.8 Å². The van der Waals surface area contributed by atoms with Crippen LogP contribution in [0.15, 0.2) is 55.0 Å². The number of imidazole rings is 1. The smallest absolute Gasteiger partial charge is 0.416 e. The first-order valence-corrected chi connectivity index (χ1v) is 9.43. The zero-order valence-electron chi connectivity index (χ0n) is 16.7. The molecular formula is C21H22F3N5O2. The van der Waals surface area contributed by atoms with Crippen molar-refractivity contribution >= 4 is 17.5 Å². The minimum Gasteiger partial charge on any atom is -0.464 e. The summed E-state index contributed by atoms with van der Waals surface area (Å²) < 4.78 is 40.4. The first kappa shape index (κ1) is 22.3. The molecule has 0 fully saturated rings. The van der Waals surface area contributed by atoms with Crippen molar-refractivity contribution in [3.63, 3.8) is 0 Å². The minimum absolute atomic E-state index is 0.0895. The molecule has 31 heavy (non-hydrogen) atoms. The highest BCUT2D eigenvalue weighted by atomic mass is 19.4. The molecule has 7 nitrogen and oxygen atoms in total. The van der Waals surface area contributed by atoms with Gasteiger partial charge in [0.05, 0.1) is 29.0 Å². The number of halogens is 3. The van der Waals surface area contributed by atoms with E-state index in [1.165, 1.54) is 0 Å². The lowest BCUT2D eigenvalue weighted by Crippen LogP contribution is -2.25. The first-order chi connectivity index (χ1) is 14.7. The topological polar surface area (TPSA) is 96.4 Å². The molecule has 0 saturated heterocycles. The van der Waals surface area contributed by atoms with Gasteiger partial charge in [0, 0.05) is 38.4 Å². The van der Waals surface area contributed by atoms with Gasteiger partial charge < -0.3 is 20.7 Å². The maximum absolute atomic E-state index is 12.9. The Hall–Kier alpha value is -3.37. The number of aryl methyl sites for hydroxylation is 1. The van der Waals surface area contributed by atoms with E-state index in [9.17, 15) is 23.1 Å². The summed E-state index contributed by atoms with van der Waals surface area (Å²) in [7, 11) is 1.79. The van der Waals surface area contributed by atoms with Crippen molar-refractivity contribution in [1.29, 1.82) is 0 Å². The average Bonchev–Trinajstić information content (AvgIpc) is 3.15. The average molecular weight is 433 g/mol. The third-order valence-corrected chi connectivity index (χ3v) is 4.58. The summed E-state index contributed by atoms with van der Waals surface area (Å²) in [4.78, 5) is 17.4. The summed E-state index contributed by atoms with van der Waals surface area (Å²) in [6, 6.07) is 9.17. The van der Waals surface area contributed by atoms with Gasteiger partial charge in [0.25, 0.3) is 0 Å². The van der Waals surface area contributed by atoms with Gasteiger partial charge in [-0.1, -0.05) is 6.07 Å². The molecule has 0 aliphatic heterocycles. The molecule has 2 aromatic carbocycles. The summed E-state index contributed by atoms with van der Waals surface area (Å²) >= 11 is 0. The van der Waals surface area contributed by atoms with Gasteiger partial charge in [-0.2, -0.15) is 13.2 Å². The Morgan fingerprint density at radius 1 is 1.23 bits per heavy atom. The van der Waals surface area contributed by atoms with E-state index in [4.69, 9.17) is 5.73 Å². The van der Waals surface area contributed by atoms with Gasteiger partial charge in [-0.3, -0.25) is 0 Å². The van der Waals surface area contributed by atoms with E-state index in [1.807, 2.05) is 0 Å². The second kappa shape index (κ2) is 9.19. The number of alkyl halides is 3. The van der Waals surface area contributed by atoms with Crippen LogP contribution >= 0.6 is 0 Å². The van der Waals surface area contributed by atoms with Gasteiger partial charge >= 0.3 is 12.3 Å². The van der Waals surface area contributed by atoms with Crippen LogP contribution in [0.3, 0.4) is 0 Å². The van der Waals surface area contributed by atoms with E-state index in [1.54, 1.807) is 42.3 Å². The first-order valence-electron chi connectivity index (χ1n) is 9.43. The Morgan fingerprint density at radius 3 is 2.48 bits per heavy atom. The lowest BCUT2D eigenvalue weighted by Gasteiger charge is -2.23. The Kier molecular flexibility index (Phi) is 6.62. The largest absolute Gasteiger partial charge is 0.464 e. The monoisotopic (exact) mass is 433 g/mol. The number of amides is 1. The molecule has 10 heteroatoms. The van der Waals surface area contributed by atoms with Crippen LogP contribution in [0.25, 0.3) is 11.3 Å². The minimum atomic E-state index is -4.51. The molecule has 0 bridgehead atoms. The molecule has 3 aromatic rings. The quantitative estimate of drug-likeness (QED) is 0.490. The molecule has 1 heterocycles. The summed E-state index contributed by atoms with van der Waals surface area (Å²) in [5.41, 5.74) is 6.98. The van der Waals surface area contributed by atoms with E-state index in [0.717, 1.165) is 34.7 Å². The number of carbonyl (C=O) groups is 1. The molecule has 0 spiro atoms. The Balaban J connectivity index is 2.07. The van der Waals surface area contributed by atoms with Crippen LogP contribution < -0.4 is 16.0 Å². The zero-order valence-corrected chi connectivity index (χ0v) is 16.7. The van der Waals surface area contributed by atoms with Crippen molar-refractivity contribution in [2.45, 2.75) is 12.7 Å². The third-order valence-electron chi connectivity index (χ3n) is 4.58. The van der Waals surface area contributed by atoms with Gasteiger partial charge in [0.2, 0.25) is 0 Å². The van der Waals surface area contributed by atoms with Gasteiger partial charge in [-0.05, 0) is 42.0 Å². The number of benzene rings is 2. The maximum Gasteiger partial charge on any atom is 0.416 e. The summed E-state index contributed by atoms with van der Waals surface area (Å²) in [5.74, 6) is 0. The molecule has 4 N–H and O–H groups in total. The Bertz CT molecular complexity index is 1050. The summed E-state index contributed by atoms with van der Waals surface area (Å²) in [6.45, 7) is 1.62. The fourth-order valence-electron chi connectivity index (χ4n) is 3.13. The Labute approximate surface area is 176 Å². The second-order valence-electron chi connectivity index (χ2n) is 6.90. The van der Waals surface area contributed by atoms with Crippen molar-refractivity contribution in [1.82, 2.24) is 14.9 Å². The number of aromatic nitrogens is 2. The molecule has 0 unspecified atom stereocenters. The highest BCUT2D eigenvalue weighted by Crippen LogP contribution is 2.37. The van der Waals surface area contributed by atoms with Crippen molar-refractivity contribution in [2.75, 3.05) is 18.0 Å². The molecule has 0 aliphatic carbocycles. The highest BCUT2D eigenvalue weighted by Gasteiger charge is 2.31. The summed E-state index contributed by atoms with van der Waals surface area (Å²) in [5, 5.41) is 13.1. The number of nitrogens with zero attached hydrogens (tertiary/aromatic N) is 3. The molecular weight excluding hydrogens is 411 g/mol. The van der Waals surface area contributed by atoms with Crippen LogP contribution in [-0.4, -0.2) is 33.8 Å². The van der Waals surface area contributed by atoms with Gasteiger partial charge in [-0.15, -0.1) is 0 Å². The van der Waals surface area contributed by atoms with Gasteiger partial charge in [0.1, 0.15) is 0 Å². The predicted molar refractivity (Wildman–Crippen MR) is 111 cm³/mol. The van der Waals surface area contributed by atoms with Crippen molar-refractivity contribution in [3.8, 4) is 11.3 Å². The summed E-state index contributed by atoms with van der Waals surface area (Å²) in [6.07, 6.45) is -2.51. The predicted octanol–water partition coefficient (Wildman–Crippen LogP) is 3.97. The van der Waals surface area contributed by atoms with Crippen LogP contribution in [0, 0.1) is 0 Å². The van der Waals surface area contributed by atoms with E-state index >= 15 is 0 Å². The standard InChI is InChI=1S/C21H22F3N5O2/c1-28-12-18(27-13-28)17-10-14(11-26-9-8-25)2-7-19(17)29(20(30)31)16-5-3-15(4-6-16)21(22,23)24/h2-7,10,12-13,26H,8-9,11,25H2,1H3,(H,30,31). The molecule has 3 rings (SSSR count). The van der Waals surface area contributed by atoms with Crippen LogP contribution in [0.2, 0.25) is 0 Å². The normalized spacial score (nSPS) is 11.5. The molecule has 0 aliphatic rings. The van der Waals surface area contributed by atoms with E-state index < -0.39 is 17.8 Å². The second-order valence-corrected chi connectivity index (χ2v) is 6.90. The van der Waals surface area contributed by atoms with Crippen LogP contribution in [0.4, 0.5) is 29.3 Å². The number of hydrogen-bond acceptors (Lipinski definition) is 4. The Morgan fingerprint density at radius 2 is 1.94 bits per heavy atom. The van der Waals surface area contributed by atoms with E-state index in [2.05, 4.69) is 10.3 Å². The number of anilines is 2. The lowest BCUT2D eigenvalue weighted by molar-refractivity contribution is -0.137. The highest BCUT2D eigenvalue weighted by molar-refractivity contribution is 5.99. The van der Waals surface area contributed by atoms with Crippen LogP contribution in [0.5, 0.6) is 0 Å². The number of carboxylic acid groups (broad SMARTS) is 1. The zero-order chi connectivity index (χ0) is 22.6. The maximum atomic E-state index is 12.9. The number of nitrogens with two attached hydrogens (primary N) is 1. The SMILES string of the molecule is Cn1cnc(-c2cc(CNCCN)ccc2N(C(=O)O)c2ccc(C(F)(F)F)cc2)c1. The molecule has 1 amide bonds. The van der Waals surface area contributed by atoms with Crippen molar-refractivity contribution < 1.29 is 23.1 Å². The van der Waals surface area contributed by atoms with Crippen LogP contribution in [0.1, 0.15) is 11.1 Å². The molecule has 0 saturated carbocycles. The number of hydrogen-bond donors (Lipinski definition) is 3. The molecule has 164 valence electrons. The molecule has 1 aromatic heterocycles. The number of rotatable bonds is 7. The third kappa shape index (κ3) is 5.22. The fraction of sp³-hybridized carbons (Fsp3) is 0.238. The van der Waals surface area contributed by atoms with E-state index in [0.29, 0.717) is 30.9 Å². The van der Waals surface area contributed by atoms with Gasteiger partial charge in [-0.25, -0.2) is 14.7 Å². The molecule has 0 atom stereocenters. The van der Waals surface area contributed by atoms with E-state index in [-0.39, 0.29) is 11.4 Å². The lowest BCUT2D eigenvalue weighted by atomic mass is 10.0. The fourth-order valence-corrected chi connectivity index (χ4v) is 3.13. The van der Waals surface area contributed by atoms with Crippen molar-refractivity contribution in [3.05, 3.63) is 66.1 Å². The number of nitrogens with one attached hydrogen (secondary N) is 1. The van der Waals surface area contributed by atoms with Gasteiger partial charge in [0.15, 0.2) is 0 Å². The molecule has 0 radical (unpaired) electrons.